The number of guanidine groups is 1. The molecule has 1 aliphatic heterocycles. The predicted octanol–water partition coefficient (Wildman–Crippen LogP) is 1.39. The Hall–Kier alpha value is -2.28. The minimum absolute atomic E-state index is 0.109. The topological polar surface area (TPSA) is 81.2 Å². The monoisotopic (exact) mass is 349 g/mol. The van der Waals surface area contributed by atoms with Crippen LogP contribution in [0, 0.1) is 6.92 Å². The van der Waals surface area contributed by atoms with Gasteiger partial charge in [0.1, 0.15) is 11.9 Å². The van der Waals surface area contributed by atoms with Gasteiger partial charge in [0.05, 0.1) is 26.7 Å². The fourth-order valence-corrected chi connectivity index (χ4v) is 2.49. The van der Waals surface area contributed by atoms with Crippen LogP contribution in [0.4, 0.5) is 0 Å². The second kappa shape index (κ2) is 9.88. The first kappa shape index (κ1) is 19.1. The summed E-state index contributed by atoms with van der Waals surface area (Å²) in [6.07, 6.45) is 1.31. The lowest BCUT2D eigenvalue weighted by Crippen LogP contribution is -2.38. The number of nitrogens with one attached hydrogen (secondary N) is 2. The van der Waals surface area contributed by atoms with Crippen molar-refractivity contribution in [1.29, 1.82) is 0 Å². The number of carbonyl (C=O) groups is 1. The molecule has 7 nitrogen and oxygen atoms in total. The minimum Gasteiger partial charge on any atom is -0.488 e. The molecule has 0 saturated carbocycles. The number of esters is 1. The molecule has 138 valence electrons. The molecule has 1 saturated heterocycles. The van der Waals surface area contributed by atoms with Gasteiger partial charge in [0.2, 0.25) is 0 Å². The van der Waals surface area contributed by atoms with E-state index in [1.54, 1.807) is 7.05 Å². The summed E-state index contributed by atoms with van der Waals surface area (Å²) in [5, 5.41) is 6.32. The van der Waals surface area contributed by atoms with Crippen LogP contribution < -0.4 is 15.4 Å². The largest absolute Gasteiger partial charge is 0.488 e. The molecule has 1 unspecified atom stereocenters. The average molecular weight is 349 g/mol. The zero-order valence-corrected chi connectivity index (χ0v) is 15.1. The molecular formula is C18H27N3O4. The third kappa shape index (κ3) is 6.26. The molecule has 7 heteroatoms. The van der Waals surface area contributed by atoms with Gasteiger partial charge in [-0.05, 0) is 18.6 Å². The first-order chi connectivity index (χ1) is 12.1. The van der Waals surface area contributed by atoms with Crippen molar-refractivity contribution in [3.05, 3.63) is 29.3 Å². The number of aliphatic imine (C=N–C) groups is 1. The van der Waals surface area contributed by atoms with Crippen molar-refractivity contribution in [2.45, 2.75) is 32.4 Å². The molecule has 1 atom stereocenters. The molecule has 0 radical (unpaired) electrons. The van der Waals surface area contributed by atoms with E-state index in [1.165, 1.54) is 7.11 Å². The Morgan fingerprint density at radius 3 is 2.92 bits per heavy atom. The van der Waals surface area contributed by atoms with E-state index in [-0.39, 0.29) is 18.5 Å². The first-order valence-corrected chi connectivity index (χ1v) is 8.47. The fourth-order valence-electron chi connectivity index (χ4n) is 2.49. The second-order valence-electron chi connectivity index (χ2n) is 5.89. The third-order valence-electron chi connectivity index (χ3n) is 3.92. The van der Waals surface area contributed by atoms with Crippen molar-refractivity contribution in [2.75, 3.05) is 33.9 Å². The fraction of sp³-hybridized carbons (Fsp3) is 0.556. The van der Waals surface area contributed by atoms with E-state index in [1.807, 2.05) is 13.0 Å². The van der Waals surface area contributed by atoms with E-state index >= 15 is 0 Å². The Labute approximate surface area is 148 Å². The van der Waals surface area contributed by atoms with Crippen molar-refractivity contribution in [2.24, 2.45) is 4.99 Å². The van der Waals surface area contributed by atoms with Crippen molar-refractivity contribution in [3.63, 3.8) is 0 Å². The number of carbonyl (C=O) groups excluding carboxylic acids is 1. The molecule has 1 fully saturated rings. The van der Waals surface area contributed by atoms with Gasteiger partial charge in [-0.2, -0.15) is 0 Å². The third-order valence-corrected chi connectivity index (χ3v) is 3.92. The molecule has 2 N–H and O–H groups in total. The van der Waals surface area contributed by atoms with E-state index in [0.29, 0.717) is 25.7 Å². The Morgan fingerprint density at radius 2 is 2.24 bits per heavy atom. The number of nitrogens with zero attached hydrogens (tertiary/aromatic N) is 1. The van der Waals surface area contributed by atoms with E-state index in [9.17, 15) is 4.79 Å². The van der Waals surface area contributed by atoms with Gasteiger partial charge < -0.3 is 24.8 Å². The average Bonchev–Trinajstić information content (AvgIpc) is 3.12. The Bertz CT molecular complexity index is 598. The Balaban J connectivity index is 1.90. The van der Waals surface area contributed by atoms with E-state index in [2.05, 4.69) is 32.5 Å². The molecule has 1 heterocycles. The SMILES string of the molecule is CN=C(NCCC(=O)OC)NCc1ccc(C)cc1OC1CCOC1. The van der Waals surface area contributed by atoms with Gasteiger partial charge in [-0.25, -0.2) is 0 Å². The van der Waals surface area contributed by atoms with Gasteiger partial charge in [0.25, 0.3) is 0 Å². The van der Waals surface area contributed by atoms with Crippen LogP contribution in [0.3, 0.4) is 0 Å². The first-order valence-electron chi connectivity index (χ1n) is 8.47. The molecule has 0 bridgehead atoms. The highest BCUT2D eigenvalue weighted by Gasteiger charge is 2.18. The number of hydrogen-bond donors (Lipinski definition) is 2. The second-order valence-corrected chi connectivity index (χ2v) is 5.89. The molecule has 25 heavy (non-hydrogen) atoms. The van der Waals surface area contributed by atoms with Gasteiger partial charge in [0.15, 0.2) is 5.96 Å². The molecule has 0 spiro atoms. The number of ether oxygens (including phenoxy) is 3. The van der Waals surface area contributed by atoms with Crippen molar-refractivity contribution < 1.29 is 19.0 Å². The number of rotatable bonds is 7. The lowest BCUT2D eigenvalue weighted by molar-refractivity contribution is -0.140. The zero-order valence-electron chi connectivity index (χ0n) is 15.1. The van der Waals surface area contributed by atoms with Crippen LogP contribution in [0.1, 0.15) is 24.0 Å². The van der Waals surface area contributed by atoms with E-state index in [0.717, 1.165) is 29.9 Å². The van der Waals surface area contributed by atoms with Crippen LogP contribution >= 0.6 is 0 Å². The maximum Gasteiger partial charge on any atom is 0.307 e. The summed E-state index contributed by atoms with van der Waals surface area (Å²) in [5.74, 6) is 1.24. The summed E-state index contributed by atoms with van der Waals surface area (Å²) in [6, 6.07) is 6.15. The van der Waals surface area contributed by atoms with Crippen LogP contribution in [0.15, 0.2) is 23.2 Å². The van der Waals surface area contributed by atoms with Crippen LogP contribution in [0.25, 0.3) is 0 Å². The lowest BCUT2D eigenvalue weighted by Gasteiger charge is -2.18. The molecule has 0 aromatic heterocycles. The van der Waals surface area contributed by atoms with Gasteiger partial charge in [0, 0.05) is 32.1 Å². The molecule has 1 aromatic rings. The minimum atomic E-state index is -0.254. The van der Waals surface area contributed by atoms with Crippen LogP contribution in [-0.4, -0.2) is 51.9 Å². The Morgan fingerprint density at radius 1 is 1.40 bits per heavy atom. The normalized spacial score (nSPS) is 17.2. The predicted molar refractivity (Wildman–Crippen MR) is 95.9 cm³/mol. The number of benzene rings is 1. The molecule has 1 aliphatic rings. The Kier molecular flexibility index (Phi) is 7.53. The molecule has 1 aromatic carbocycles. The van der Waals surface area contributed by atoms with Gasteiger partial charge in [-0.1, -0.05) is 12.1 Å². The summed E-state index contributed by atoms with van der Waals surface area (Å²) in [4.78, 5) is 15.3. The quantitative estimate of drug-likeness (QED) is 0.440. The van der Waals surface area contributed by atoms with Crippen LogP contribution in [0.5, 0.6) is 5.75 Å². The van der Waals surface area contributed by atoms with Gasteiger partial charge >= 0.3 is 5.97 Å². The highest BCUT2D eigenvalue weighted by Crippen LogP contribution is 2.23. The summed E-state index contributed by atoms with van der Waals surface area (Å²) < 4.78 is 16.1. The highest BCUT2D eigenvalue weighted by atomic mass is 16.5. The molecular weight excluding hydrogens is 322 g/mol. The van der Waals surface area contributed by atoms with Crippen molar-refractivity contribution in [3.8, 4) is 5.75 Å². The van der Waals surface area contributed by atoms with Crippen molar-refractivity contribution >= 4 is 11.9 Å². The van der Waals surface area contributed by atoms with Gasteiger partial charge in [-0.15, -0.1) is 0 Å². The summed E-state index contributed by atoms with van der Waals surface area (Å²) in [5.41, 5.74) is 2.20. The highest BCUT2D eigenvalue weighted by molar-refractivity contribution is 5.80. The maximum atomic E-state index is 11.2. The lowest BCUT2D eigenvalue weighted by atomic mass is 10.1. The summed E-state index contributed by atoms with van der Waals surface area (Å²) in [6.45, 7) is 4.46. The smallest absolute Gasteiger partial charge is 0.307 e. The molecule has 0 aliphatic carbocycles. The summed E-state index contributed by atoms with van der Waals surface area (Å²) >= 11 is 0. The zero-order chi connectivity index (χ0) is 18.1. The standard InChI is InChI=1S/C18H27N3O4/c1-13-4-5-14(16(10-13)25-15-7-9-24-12-15)11-21-18(19-2)20-8-6-17(22)23-3/h4-5,10,15H,6-9,11-12H2,1-3H3,(H2,19,20,21). The maximum absolute atomic E-state index is 11.2. The number of hydrogen-bond acceptors (Lipinski definition) is 5. The van der Waals surface area contributed by atoms with E-state index in [4.69, 9.17) is 9.47 Å². The molecule has 2 rings (SSSR count). The van der Waals surface area contributed by atoms with Crippen molar-refractivity contribution in [1.82, 2.24) is 10.6 Å². The van der Waals surface area contributed by atoms with Gasteiger partial charge in [-0.3, -0.25) is 9.79 Å². The van der Waals surface area contributed by atoms with Crippen LogP contribution in [0.2, 0.25) is 0 Å². The van der Waals surface area contributed by atoms with E-state index < -0.39 is 0 Å². The summed E-state index contributed by atoms with van der Waals surface area (Å²) in [7, 11) is 3.07. The van der Waals surface area contributed by atoms with Crippen LogP contribution in [-0.2, 0) is 20.8 Å². The number of methoxy groups -OCH3 is 1. The molecule has 0 amide bonds. The number of aryl methyl sites for hydroxylation is 1.